The van der Waals surface area contributed by atoms with Crippen molar-refractivity contribution in [2.24, 2.45) is 0 Å². The Labute approximate surface area is 144 Å². The first-order chi connectivity index (χ1) is 10.1. The van der Waals surface area contributed by atoms with Crippen LogP contribution in [-0.2, 0) is 0 Å². The molecule has 0 saturated heterocycles. The van der Waals surface area contributed by atoms with E-state index in [4.69, 9.17) is 11.6 Å². The molecule has 0 fully saturated rings. The summed E-state index contributed by atoms with van der Waals surface area (Å²) in [6.07, 6.45) is 1.15. The molecule has 2 aromatic rings. The molecule has 0 aliphatic heterocycles. The van der Waals surface area contributed by atoms with Gasteiger partial charge in [-0.15, -0.1) is 0 Å². The Morgan fingerprint density at radius 3 is 2.71 bits per heavy atom. The highest BCUT2D eigenvalue weighted by atomic mass is 79.9. The summed E-state index contributed by atoms with van der Waals surface area (Å²) >= 11 is 11.4. The lowest BCUT2D eigenvalue weighted by molar-refractivity contribution is 0.570. The first-order valence-electron chi connectivity index (χ1n) is 7.06. The average molecular weight is 385 g/mol. The van der Waals surface area contributed by atoms with Crippen LogP contribution >= 0.6 is 39.3 Å². The van der Waals surface area contributed by atoms with Gasteiger partial charge < -0.3 is 5.32 Å². The van der Waals surface area contributed by atoms with Crippen LogP contribution in [0.3, 0.4) is 0 Å². The standard InChI is InChI=1S/C17H19BrClNS/c1-3-9-20-12(2)13-7-8-17(16(18)10-13)21-15-6-4-5-14(19)11-15/h4-8,10-12,20H,3,9H2,1-2H3. The van der Waals surface area contributed by atoms with Gasteiger partial charge in [0, 0.05) is 25.3 Å². The lowest BCUT2D eigenvalue weighted by Gasteiger charge is -2.15. The molecule has 0 heterocycles. The van der Waals surface area contributed by atoms with Crippen molar-refractivity contribution in [2.45, 2.75) is 36.1 Å². The molecule has 2 aromatic carbocycles. The molecule has 1 N–H and O–H groups in total. The van der Waals surface area contributed by atoms with Gasteiger partial charge in [0.15, 0.2) is 0 Å². The molecule has 112 valence electrons. The second-order valence-electron chi connectivity index (χ2n) is 4.93. The van der Waals surface area contributed by atoms with Crippen molar-refractivity contribution in [3.63, 3.8) is 0 Å². The maximum absolute atomic E-state index is 6.03. The third-order valence-electron chi connectivity index (χ3n) is 3.18. The van der Waals surface area contributed by atoms with E-state index < -0.39 is 0 Å². The predicted molar refractivity (Wildman–Crippen MR) is 96.4 cm³/mol. The van der Waals surface area contributed by atoms with Crippen molar-refractivity contribution in [3.8, 4) is 0 Å². The molecule has 0 amide bonds. The van der Waals surface area contributed by atoms with Crippen molar-refractivity contribution in [2.75, 3.05) is 6.54 Å². The van der Waals surface area contributed by atoms with Crippen LogP contribution in [0.4, 0.5) is 0 Å². The van der Waals surface area contributed by atoms with Gasteiger partial charge in [0.1, 0.15) is 0 Å². The minimum atomic E-state index is 0.367. The highest BCUT2D eigenvalue weighted by molar-refractivity contribution is 9.10. The number of hydrogen-bond acceptors (Lipinski definition) is 2. The monoisotopic (exact) mass is 383 g/mol. The highest BCUT2D eigenvalue weighted by Gasteiger charge is 2.08. The van der Waals surface area contributed by atoms with E-state index in [-0.39, 0.29) is 0 Å². The fourth-order valence-electron chi connectivity index (χ4n) is 2.01. The van der Waals surface area contributed by atoms with E-state index in [0.29, 0.717) is 6.04 Å². The van der Waals surface area contributed by atoms with Crippen molar-refractivity contribution in [1.82, 2.24) is 5.32 Å². The number of benzene rings is 2. The first-order valence-corrected chi connectivity index (χ1v) is 9.05. The number of hydrogen-bond donors (Lipinski definition) is 1. The Kier molecular flexibility index (Phi) is 6.62. The summed E-state index contributed by atoms with van der Waals surface area (Å²) in [5.41, 5.74) is 1.30. The molecule has 0 aromatic heterocycles. The van der Waals surface area contributed by atoms with Gasteiger partial charge in [-0.25, -0.2) is 0 Å². The largest absolute Gasteiger partial charge is 0.310 e. The van der Waals surface area contributed by atoms with E-state index in [0.717, 1.165) is 27.4 Å². The SMILES string of the molecule is CCCNC(C)c1ccc(Sc2cccc(Cl)c2)c(Br)c1. The molecular weight excluding hydrogens is 366 g/mol. The van der Waals surface area contributed by atoms with Crippen LogP contribution in [0, 0.1) is 0 Å². The van der Waals surface area contributed by atoms with Crippen LogP contribution < -0.4 is 5.32 Å². The summed E-state index contributed by atoms with van der Waals surface area (Å²) in [4.78, 5) is 2.34. The minimum Gasteiger partial charge on any atom is -0.310 e. The molecule has 0 aliphatic carbocycles. The molecule has 0 spiro atoms. The molecule has 1 atom stereocenters. The zero-order chi connectivity index (χ0) is 15.2. The van der Waals surface area contributed by atoms with E-state index >= 15 is 0 Å². The first kappa shape index (κ1) is 16.9. The van der Waals surface area contributed by atoms with Crippen LogP contribution in [0.5, 0.6) is 0 Å². The average Bonchev–Trinajstić information content (AvgIpc) is 2.47. The Hall–Kier alpha value is -0.480. The van der Waals surface area contributed by atoms with Crippen molar-refractivity contribution in [3.05, 3.63) is 57.5 Å². The number of rotatable bonds is 6. The lowest BCUT2D eigenvalue weighted by Crippen LogP contribution is -2.19. The Morgan fingerprint density at radius 1 is 1.24 bits per heavy atom. The van der Waals surface area contributed by atoms with Gasteiger partial charge in [-0.3, -0.25) is 0 Å². The molecular formula is C17H19BrClNS. The summed E-state index contributed by atoms with van der Waals surface area (Å²) in [5.74, 6) is 0. The fourth-order valence-corrected chi connectivity index (χ4v) is 3.78. The fraction of sp³-hybridized carbons (Fsp3) is 0.294. The maximum Gasteiger partial charge on any atom is 0.0417 e. The van der Waals surface area contributed by atoms with E-state index in [2.05, 4.69) is 59.4 Å². The predicted octanol–water partition coefficient (Wildman–Crippen LogP) is 6.31. The molecule has 4 heteroatoms. The molecule has 1 unspecified atom stereocenters. The van der Waals surface area contributed by atoms with E-state index in [9.17, 15) is 0 Å². The summed E-state index contributed by atoms with van der Waals surface area (Å²) in [6, 6.07) is 14.8. The number of nitrogens with one attached hydrogen (secondary N) is 1. The second-order valence-corrected chi connectivity index (χ2v) is 7.33. The smallest absolute Gasteiger partial charge is 0.0417 e. The quantitative estimate of drug-likeness (QED) is 0.626. The molecule has 2 rings (SSSR count). The molecule has 1 nitrogen and oxygen atoms in total. The van der Waals surface area contributed by atoms with Gasteiger partial charge >= 0.3 is 0 Å². The highest BCUT2D eigenvalue weighted by Crippen LogP contribution is 2.35. The maximum atomic E-state index is 6.03. The van der Waals surface area contributed by atoms with Gasteiger partial charge in [0.2, 0.25) is 0 Å². The molecule has 0 aliphatic rings. The van der Waals surface area contributed by atoms with Crippen LogP contribution in [0.15, 0.2) is 56.7 Å². The third kappa shape index (κ3) is 5.03. The van der Waals surface area contributed by atoms with Gasteiger partial charge in [-0.2, -0.15) is 0 Å². The summed E-state index contributed by atoms with van der Waals surface area (Å²) in [6.45, 7) is 5.42. The summed E-state index contributed by atoms with van der Waals surface area (Å²) < 4.78 is 1.12. The van der Waals surface area contributed by atoms with Gasteiger partial charge in [-0.1, -0.05) is 42.4 Å². The Morgan fingerprint density at radius 2 is 2.05 bits per heavy atom. The molecule has 0 saturated carbocycles. The van der Waals surface area contributed by atoms with Crippen LogP contribution in [-0.4, -0.2) is 6.54 Å². The molecule has 0 bridgehead atoms. The Bertz CT molecular complexity index is 603. The van der Waals surface area contributed by atoms with Crippen LogP contribution in [0.25, 0.3) is 0 Å². The zero-order valence-corrected chi connectivity index (χ0v) is 15.4. The topological polar surface area (TPSA) is 12.0 Å². The van der Waals surface area contributed by atoms with Crippen molar-refractivity contribution >= 4 is 39.3 Å². The van der Waals surface area contributed by atoms with Gasteiger partial charge in [-0.05, 0) is 71.7 Å². The van der Waals surface area contributed by atoms with E-state index in [1.165, 1.54) is 10.5 Å². The number of halogens is 2. The van der Waals surface area contributed by atoms with Crippen molar-refractivity contribution < 1.29 is 0 Å². The third-order valence-corrected chi connectivity index (χ3v) is 5.40. The zero-order valence-electron chi connectivity index (χ0n) is 12.2. The van der Waals surface area contributed by atoms with Crippen molar-refractivity contribution in [1.29, 1.82) is 0 Å². The summed E-state index contributed by atoms with van der Waals surface area (Å²) in [7, 11) is 0. The normalized spacial score (nSPS) is 12.4. The second kappa shape index (κ2) is 8.23. The van der Waals surface area contributed by atoms with E-state index in [1.807, 2.05) is 18.2 Å². The van der Waals surface area contributed by atoms with E-state index in [1.54, 1.807) is 11.8 Å². The van der Waals surface area contributed by atoms with Crippen LogP contribution in [0.2, 0.25) is 5.02 Å². The Balaban J connectivity index is 2.12. The van der Waals surface area contributed by atoms with Gasteiger partial charge in [0.05, 0.1) is 0 Å². The molecule has 21 heavy (non-hydrogen) atoms. The molecule has 0 radical (unpaired) electrons. The minimum absolute atomic E-state index is 0.367. The van der Waals surface area contributed by atoms with Gasteiger partial charge in [0.25, 0.3) is 0 Å². The van der Waals surface area contributed by atoms with Crippen LogP contribution in [0.1, 0.15) is 31.9 Å². The lowest BCUT2D eigenvalue weighted by atomic mass is 10.1. The summed E-state index contributed by atoms with van der Waals surface area (Å²) in [5, 5.41) is 4.28.